The van der Waals surface area contributed by atoms with Crippen LogP contribution in [0.25, 0.3) is 0 Å². The topological polar surface area (TPSA) is 50.4 Å². The van der Waals surface area contributed by atoms with Gasteiger partial charge in [0.2, 0.25) is 0 Å². The molecule has 3 nitrogen and oxygen atoms in total. The van der Waals surface area contributed by atoms with Crippen LogP contribution in [0.15, 0.2) is 29.3 Å². The van der Waals surface area contributed by atoms with Crippen LogP contribution in [0.3, 0.4) is 0 Å². The van der Waals surface area contributed by atoms with E-state index >= 15 is 0 Å². The van der Waals surface area contributed by atoms with Crippen molar-refractivity contribution in [1.29, 1.82) is 0 Å². The fourth-order valence-corrected chi connectivity index (χ4v) is 1.44. The Morgan fingerprint density at radius 2 is 2.18 bits per heavy atom. The SMILES string of the molecule is CCCCN=C(N)NCCc1ccccc1F. The highest BCUT2D eigenvalue weighted by Crippen LogP contribution is 2.05. The number of hydrogen-bond donors (Lipinski definition) is 2. The first-order chi connectivity index (χ1) is 8.24. The van der Waals surface area contributed by atoms with Gasteiger partial charge in [-0.25, -0.2) is 4.39 Å². The van der Waals surface area contributed by atoms with Crippen LogP contribution in [-0.2, 0) is 6.42 Å². The molecule has 3 N–H and O–H groups in total. The Balaban J connectivity index is 2.28. The van der Waals surface area contributed by atoms with Crippen molar-refractivity contribution >= 4 is 5.96 Å². The van der Waals surface area contributed by atoms with Gasteiger partial charge in [0, 0.05) is 13.1 Å². The number of nitrogens with two attached hydrogens (primary N) is 1. The third-order valence-corrected chi connectivity index (χ3v) is 2.45. The Kier molecular flexibility index (Phi) is 6.07. The molecule has 4 heteroatoms. The lowest BCUT2D eigenvalue weighted by Gasteiger charge is -2.06. The van der Waals surface area contributed by atoms with Crippen molar-refractivity contribution in [1.82, 2.24) is 5.32 Å². The van der Waals surface area contributed by atoms with Crippen LogP contribution in [0.5, 0.6) is 0 Å². The van der Waals surface area contributed by atoms with Crippen molar-refractivity contribution in [3.05, 3.63) is 35.6 Å². The molecule has 0 aliphatic rings. The van der Waals surface area contributed by atoms with E-state index in [9.17, 15) is 4.39 Å². The number of aliphatic imine (C=N–C) groups is 1. The van der Waals surface area contributed by atoms with Crippen LogP contribution in [0.1, 0.15) is 25.3 Å². The number of guanidine groups is 1. The van der Waals surface area contributed by atoms with Gasteiger partial charge >= 0.3 is 0 Å². The molecule has 0 aromatic heterocycles. The smallest absolute Gasteiger partial charge is 0.188 e. The molecule has 0 unspecified atom stereocenters. The Morgan fingerprint density at radius 1 is 1.41 bits per heavy atom. The van der Waals surface area contributed by atoms with Gasteiger partial charge in [-0.2, -0.15) is 0 Å². The number of nitrogens with one attached hydrogen (secondary N) is 1. The van der Waals surface area contributed by atoms with E-state index in [0.717, 1.165) is 19.4 Å². The minimum absolute atomic E-state index is 0.171. The van der Waals surface area contributed by atoms with Gasteiger partial charge in [0.05, 0.1) is 0 Å². The first-order valence-corrected chi connectivity index (χ1v) is 6.01. The molecule has 1 aromatic carbocycles. The Bertz CT molecular complexity index is 363. The maximum atomic E-state index is 13.3. The van der Waals surface area contributed by atoms with Gasteiger partial charge in [0.15, 0.2) is 5.96 Å². The highest BCUT2D eigenvalue weighted by molar-refractivity contribution is 5.77. The summed E-state index contributed by atoms with van der Waals surface area (Å²) in [6.45, 7) is 3.45. The molecule has 17 heavy (non-hydrogen) atoms. The lowest BCUT2D eigenvalue weighted by atomic mass is 10.1. The number of unbranched alkanes of at least 4 members (excludes halogenated alkanes) is 1. The van der Waals surface area contributed by atoms with E-state index in [1.165, 1.54) is 6.07 Å². The molecule has 0 heterocycles. The zero-order valence-corrected chi connectivity index (χ0v) is 10.2. The molecule has 1 aromatic rings. The lowest BCUT2D eigenvalue weighted by Crippen LogP contribution is -2.33. The van der Waals surface area contributed by atoms with Crippen LogP contribution in [0.4, 0.5) is 4.39 Å². The summed E-state index contributed by atoms with van der Waals surface area (Å²) in [6.07, 6.45) is 2.75. The quantitative estimate of drug-likeness (QED) is 0.452. The van der Waals surface area contributed by atoms with Gasteiger partial charge in [0.1, 0.15) is 5.82 Å². The molecular weight excluding hydrogens is 217 g/mol. The zero-order chi connectivity index (χ0) is 12.5. The van der Waals surface area contributed by atoms with Crippen LogP contribution >= 0.6 is 0 Å². The van der Waals surface area contributed by atoms with Crippen molar-refractivity contribution in [2.45, 2.75) is 26.2 Å². The third-order valence-electron chi connectivity index (χ3n) is 2.45. The molecule has 0 aliphatic carbocycles. The molecule has 0 saturated carbocycles. The molecule has 0 radical (unpaired) electrons. The Labute approximate surface area is 102 Å². The molecule has 0 saturated heterocycles. The van der Waals surface area contributed by atoms with Gasteiger partial charge in [-0.15, -0.1) is 0 Å². The van der Waals surface area contributed by atoms with Crippen molar-refractivity contribution < 1.29 is 4.39 Å². The number of hydrogen-bond acceptors (Lipinski definition) is 1. The maximum Gasteiger partial charge on any atom is 0.188 e. The van der Waals surface area contributed by atoms with Crippen LogP contribution in [0.2, 0.25) is 0 Å². The fourth-order valence-electron chi connectivity index (χ4n) is 1.44. The summed E-state index contributed by atoms with van der Waals surface area (Å²) in [5, 5.41) is 2.98. The van der Waals surface area contributed by atoms with E-state index in [2.05, 4.69) is 17.2 Å². The van der Waals surface area contributed by atoms with Crippen LogP contribution < -0.4 is 11.1 Å². The second-order valence-electron chi connectivity index (χ2n) is 3.89. The van der Waals surface area contributed by atoms with Gasteiger partial charge < -0.3 is 11.1 Å². The van der Waals surface area contributed by atoms with E-state index < -0.39 is 0 Å². The van der Waals surface area contributed by atoms with E-state index in [4.69, 9.17) is 5.73 Å². The van der Waals surface area contributed by atoms with Crippen LogP contribution in [0, 0.1) is 5.82 Å². The number of rotatable bonds is 6. The Hall–Kier alpha value is -1.58. The summed E-state index contributed by atoms with van der Waals surface area (Å²) < 4.78 is 13.3. The Morgan fingerprint density at radius 3 is 2.88 bits per heavy atom. The van der Waals surface area contributed by atoms with Gasteiger partial charge in [0.25, 0.3) is 0 Å². The molecule has 94 valence electrons. The average molecular weight is 237 g/mol. The first-order valence-electron chi connectivity index (χ1n) is 6.01. The summed E-state index contributed by atoms with van der Waals surface area (Å²) in [5.41, 5.74) is 6.36. The average Bonchev–Trinajstić information content (AvgIpc) is 2.32. The summed E-state index contributed by atoms with van der Waals surface area (Å²) in [6, 6.07) is 6.76. The first kappa shape index (κ1) is 13.5. The predicted molar refractivity (Wildman–Crippen MR) is 69.5 cm³/mol. The van der Waals surface area contributed by atoms with Crippen molar-refractivity contribution in [3.63, 3.8) is 0 Å². The van der Waals surface area contributed by atoms with Crippen molar-refractivity contribution in [2.24, 2.45) is 10.7 Å². The van der Waals surface area contributed by atoms with Gasteiger partial charge in [-0.1, -0.05) is 31.5 Å². The number of halogens is 1. The highest BCUT2D eigenvalue weighted by Gasteiger charge is 1.99. The predicted octanol–water partition coefficient (Wildman–Crippen LogP) is 2.07. The molecule has 0 fully saturated rings. The molecule has 0 amide bonds. The molecule has 1 rings (SSSR count). The number of benzene rings is 1. The minimum atomic E-state index is -0.171. The fraction of sp³-hybridized carbons (Fsp3) is 0.462. The minimum Gasteiger partial charge on any atom is -0.370 e. The summed E-state index contributed by atoms with van der Waals surface area (Å²) in [4.78, 5) is 4.16. The standard InChI is InChI=1S/C13H20FN3/c1-2-3-9-16-13(15)17-10-8-11-6-4-5-7-12(11)14/h4-7H,2-3,8-10H2,1H3,(H3,15,16,17). The molecular formula is C13H20FN3. The van der Waals surface area contributed by atoms with Crippen molar-refractivity contribution in [3.8, 4) is 0 Å². The molecule has 0 atom stereocenters. The van der Waals surface area contributed by atoms with E-state index in [-0.39, 0.29) is 5.82 Å². The molecule has 0 bridgehead atoms. The zero-order valence-electron chi connectivity index (χ0n) is 10.2. The summed E-state index contributed by atoms with van der Waals surface area (Å²) >= 11 is 0. The normalized spacial score (nSPS) is 11.5. The van der Waals surface area contributed by atoms with Gasteiger partial charge in [-0.05, 0) is 24.5 Å². The van der Waals surface area contributed by atoms with Crippen molar-refractivity contribution in [2.75, 3.05) is 13.1 Å². The summed E-state index contributed by atoms with van der Waals surface area (Å²) in [5.74, 6) is 0.269. The van der Waals surface area contributed by atoms with Gasteiger partial charge in [-0.3, -0.25) is 4.99 Å². The largest absolute Gasteiger partial charge is 0.370 e. The number of nitrogens with zero attached hydrogens (tertiary/aromatic N) is 1. The monoisotopic (exact) mass is 237 g/mol. The second-order valence-corrected chi connectivity index (χ2v) is 3.89. The highest BCUT2D eigenvalue weighted by atomic mass is 19.1. The maximum absolute atomic E-state index is 13.3. The van der Waals surface area contributed by atoms with E-state index in [0.29, 0.717) is 24.5 Å². The van der Waals surface area contributed by atoms with E-state index in [1.807, 2.05) is 6.07 Å². The molecule has 0 spiro atoms. The summed E-state index contributed by atoms with van der Waals surface area (Å²) in [7, 11) is 0. The molecule has 0 aliphatic heterocycles. The second kappa shape index (κ2) is 7.65. The van der Waals surface area contributed by atoms with E-state index in [1.54, 1.807) is 12.1 Å². The lowest BCUT2D eigenvalue weighted by molar-refractivity contribution is 0.607. The third kappa shape index (κ3) is 5.33. The van der Waals surface area contributed by atoms with Crippen LogP contribution in [-0.4, -0.2) is 19.0 Å².